The Kier molecular flexibility index (Phi) is 23.6. The summed E-state index contributed by atoms with van der Waals surface area (Å²) in [6.45, 7) is 10.6. The van der Waals surface area contributed by atoms with Crippen molar-refractivity contribution in [3.8, 4) is 0 Å². The topological polar surface area (TPSA) is 412 Å². The van der Waals surface area contributed by atoms with Gasteiger partial charge >= 0.3 is 23.6 Å². The van der Waals surface area contributed by atoms with Gasteiger partial charge < -0.3 is 82.0 Å². The number of carbonyl (C=O) groups excluding carboxylic acids is 3. The van der Waals surface area contributed by atoms with Crippen LogP contribution in [0.3, 0.4) is 0 Å². The number of carboxylic acid groups (broad SMARTS) is 2. The number of aliphatic hydroxyl groups excluding tert-OH is 3. The van der Waals surface area contributed by atoms with Gasteiger partial charge in [0.15, 0.2) is 18.5 Å². The van der Waals surface area contributed by atoms with Crippen molar-refractivity contribution in [3.05, 3.63) is 33.1 Å². The van der Waals surface area contributed by atoms with Gasteiger partial charge in [-0.15, -0.1) is 0 Å². The number of aromatic amines is 1. The maximum absolute atomic E-state index is 14.4. The Bertz CT molecular complexity index is 2120. The fraction of sp³-hybridized carbons (Fsp3) is 0.783. The second kappa shape index (κ2) is 28.5. The number of aliphatic hydroxyl groups is 3. The number of esters is 1. The van der Waals surface area contributed by atoms with E-state index >= 15 is 0 Å². The first-order valence-corrected chi connectivity index (χ1v) is 24.8. The zero-order chi connectivity index (χ0) is 54.3. The normalized spacial score (nSPS) is 26.6. The van der Waals surface area contributed by atoms with E-state index < -0.39 is 144 Å². The van der Waals surface area contributed by atoms with Crippen LogP contribution in [0.2, 0.25) is 0 Å². The number of hydrogen-bond donors (Lipinski definition) is 13. The van der Waals surface area contributed by atoms with Crippen LogP contribution in [0.4, 0.5) is 0 Å². The van der Waals surface area contributed by atoms with Crippen molar-refractivity contribution in [1.29, 1.82) is 0 Å². The van der Waals surface area contributed by atoms with E-state index in [0.717, 1.165) is 36.1 Å². The quantitative estimate of drug-likeness (QED) is 0.0263. The third-order valence-electron chi connectivity index (χ3n) is 13.0. The number of nitrogens with two attached hydrogens (primary N) is 2. The standard InChI is InChI=1S/C46H78N10O17/c1-21(2)12-9-8-10-13-27(58)71-35(23(5)6)30(55-40(63)29(24-14-18-51-45(48)52-24)54-28(22(3)4)42(64)65)39(62)50-17-11-16-49-31(43(66)67)36(73-44-38(69-7)32(59)25(20-47)70-44)37-33(60)34(61)41(72-37)56-19-15-26(57)53-46(56)68/h15,19,21-25,28-38,41,44,49,54,59-61H,8-14,16-18,20,47H2,1-7H3,(H,50,62)(H,55,63)(H,64,65)(H,66,67)(H3,48,51,52)(H,53,57,68)/t24-,25+,28-,29-,30-,31-,32+,33-,34+,35-,36-,37-,38+,41+,44-/m0/s1. The third kappa shape index (κ3) is 16.7. The molecule has 4 heterocycles. The lowest BCUT2D eigenvalue weighted by Crippen LogP contribution is -2.66. The molecule has 15 N–H and O–H groups in total. The van der Waals surface area contributed by atoms with Crippen LogP contribution in [0.25, 0.3) is 0 Å². The number of ether oxygens (including phenoxy) is 5. The van der Waals surface area contributed by atoms with Crippen molar-refractivity contribution in [1.82, 2.24) is 36.1 Å². The van der Waals surface area contributed by atoms with Crippen LogP contribution in [0, 0.1) is 17.8 Å². The molecule has 0 radical (unpaired) electrons. The average molecular weight is 1040 g/mol. The fourth-order valence-electron chi connectivity index (χ4n) is 8.92. The Morgan fingerprint density at radius 1 is 0.890 bits per heavy atom. The lowest BCUT2D eigenvalue weighted by Gasteiger charge is -2.35. The van der Waals surface area contributed by atoms with Crippen LogP contribution in [0.15, 0.2) is 26.8 Å². The smallest absolute Gasteiger partial charge is 0.330 e. The van der Waals surface area contributed by atoms with Gasteiger partial charge in [-0.05, 0) is 43.6 Å². The van der Waals surface area contributed by atoms with Gasteiger partial charge in [0.25, 0.3) is 5.56 Å². The number of rotatable bonds is 30. The summed E-state index contributed by atoms with van der Waals surface area (Å²) >= 11 is 0. The molecule has 414 valence electrons. The van der Waals surface area contributed by atoms with Gasteiger partial charge in [0, 0.05) is 45.4 Å². The van der Waals surface area contributed by atoms with E-state index in [1.165, 1.54) is 7.11 Å². The molecule has 1 aromatic rings. The average Bonchev–Trinajstić information content (AvgIpc) is 3.79. The molecule has 0 aliphatic carbocycles. The first-order chi connectivity index (χ1) is 34.5. The molecule has 3 aliphatic rings. The van der Waals surface area contributed by atoms with Crippen molar-refractivity contribution in [3.63, 3.8) is 0 Å². The highest BCUT2D eigenvalue weighted by atomic mass is 16.7. The highest BCUT2D eigenvalue weighted by Crippen LogP contribution is 2.35. The lowest BCUT2D eigenvalue weighted by molar-refractivity contribution is -0.231. The van der Waals surface area contributed by atoms with E-state index in [2.05, 4.69) is 45.4 Å². The van der Waals surface area contributed by atoms with Gasteiger partial charge in [0.2, 0.25) is 11.8 Å². The molecule has 1 aromatic heterocycles. The summed E-state index contributed by atoms with van der Waals surface area (Å²) in [7, 11) is 1.24. The van der Waals surface area contributed by atoms with Crippen LogP contribution >= 0.6 is 0 Å². The summed E-state index contributed by atoms with van der Waals surface area (Å²) in [6.07, 6.45) is -10.7. The monoisotopic (exact) mass is 1040 g/mol. The van der Waals surface area contributed by atoms with Gasteiger partial charge in [-0.3, -0.25) is 48.6 Å². The summed E-state index contributed by atoms with van der Waals surface area (Å²) in [5, 5.41) is 68.1. The Hall–Kier alpha value is -5.10. The van der Waals surface area contributed by atoms with Crippen LogP contribution in [0.5, 0.6) is 0 Å². The molecule has 15 atom stereocenters. The minimum atomic E-state index is -1.91. The number of carbonyl (C=O) groups is 5. The molecular formula is C46H78N10O17. The summed E-state index contributed by atoms with van der Waals surface area (Å²) in [4.78, 5) is 98.2. The minimum absolute atomic E-state index is 0.00440. The number of aromatic nitrogens is 2. The molecule has 0 unspecified atom stereocenters. The van der Waals surface area contributed by atoms with Crippen molar-refractivity contribution >= 4 is 35.7 Å². The molecule has 3 aliphatic heterocycles. The Balaban J connectivity index is 1.58. The van der Waals surface area contributed by atoms with Gasteiger partial charge in [-0.2, -0.15) is 0 Å². The van der Waals surface area contributed by atoms with E-state index in [-0.39, 0.29) is 51.4 Å². The fourth-order valence-corrected chi connectivity index (χ4v) is 8.92. The van der Waals surface area contributed by atoms with Gasteiger partial charge in [0.05, 0.1) is 6.04 Å². The van der Waals surface area contributed by atoms with E-state index in [1.54, 1.807) is 27.7 Å². The molecule has 4 rings (SSSR count). The van der Waals surface area contributed by atoms with Crippen LogP contribution in [-0.2, 0) is 47.7 Å². The van der Waals surface area contributed by atoms with Crippen molar-refractivity contribution in [2.75, 3.05) is 33.3 Å². The van der Waals surface area contributed by atoms with E-state index in [4.69, 9.17) is 35.2 Å². The van der Waals surface area contributed by atoms with Gasteiger partial charge in [-0.25, -0.2) is 4.79 Å². The van der Waals surface area contributed by atoms with Crippen LogP contribution < -0.4 is 49.3 Å². The minimum Gasteiger partial charge on any atom is -0.480 e. The molecular weight excluding hydrogens is 965 g/mol. The summed E-state index contributed by atoms with van der Waals surface area (Å²) in [5.74, 6) is -5.46. The van der Waals surface area contributed by atoms with Gasteiger partial charge in [0.1, 0.15) is 73.0 Å². The lowest BCUT2D eigenvalue weighted by atomic mass is 9.95. The van der Waals surface area contributed by atoms with Crippen molar-refractivity contribution < 1.29 is 73.2 Å². The highest BCUT2D eigenvalue weighted by molar-refractivity contribution is 5.92. The molecule has 0 bridgehead atoms. The predicted octanol–water partition coefficient (Wildman–Crippen LogP) is -3.45. The maximum atomic E-state index is 14.4. The Morgan fingerprint density at radius 2 is 1.59 bits per heavy atom. The zero-order valence-electron chi connectivity index (χ0n) is 42.5. The first-order valence-electron chi connectivity index (χ1n) is 24.8. The Morgan fingerprint density at radius 3 is 2.18 bits per heavy atom. The second-order valence-corrected chi connectivity index (χ2v) is 19.7. The van der Waals surface area contributed by atoms with Gasteiger partial charge in [-0.1, -0.05) is 60.8 Å². The molecule has 0 spiro atoms. The highest BCUT2D eigenvalue weighted by Gasteiger charge is 2.54. The molecule has 73 heavy (non-hydrogen) atoms. The number of hydrogen-bond acceptors (Lipinski definition) is 21. The van der Waals surface area contributed by atoms with E-state index in [9.17, 15) is 59.1 Å². The number of amides is 2. The van der Waals surface area contributed by atoms with E-state index in [1.807, 2.05) is 4.98 Å². The number of nitrogens with one attached hydrogen (secondary N) is 6. The first kappa shape index (κ1) is 60.5. The Labute approximate surface area is 422 Å². The predicted molar refractivity (Wildman–Crippen MR) is 259 cm³/mol. The van der Waals surface area contributed by atoms with Crippen LogP contribution in [-0.4, -0.2) is 189 Å². The number of unbranched alkanes of at least 4 members (excludes halogenated alkanes) is 2. The molecule has 0 saturated carbocycles. The number of nitrogens with zero attached hydrogens (tertiary/aromatic N) is 2. The second-order valence-electron chi connectivity index (χ2n) is 19.7. The molecule has 2 fully saturated rings. The van der Waals surface area contributed by atoms with E-state index in [0.29, 0.717) is 12.3 Å². The molecule has 0 aromatic carbocycles. The maximum Gasteiger partial charge on any atom is 0.330 e. The number of methoxy groups -OCH3 is 1. The summed E-state index contributed by atoms with van der Waals surface area (Å²) in [5.41, 5.74) is 9.99. The molecule has 27 heteroatoms. The number of guanidine groups is 1. The number of carboxylic acids is 2. The molecule has 27 nitrogen and oxygen atoms in total. The number of aliphatic imine (C=N–C) groups is 1. The summed E-state index contributed by atoms with van der Waals surface area (Å²) in [6, 6.07) is -5.61. The van der Waals surface area contributed by atoms with Crippen molar-refractivity contribution in [2.45, 2.75) is 178 Å². The van der Waals surface area contributed by atoms with Crippen LogP contribution in [0.1, 0.15) is 92.7 Å². The van der Waals surface area contributed by atoms with Crippen molar-refractivity contribution in [2.24, 2.45) is 34.2 Å². The molecule has 2 saturated heterocycles. The third-order valence-corrected chi connectivity index (χ3v) is 13.0. The number of H-pyrrole nitrogens is 1. The number of aliphatic carboxylic acids is 2. The molecule has 2 amide bonds. The summed E-state index contributed by atoms with van der Waals surface area (Å²) < 4.78 is 30.0. The SMILES string of the molecule is CO[C@H]1[C@H](O[C@H]([C@H]2O[C@@H](n3ccc(=O)[nH]c3=O)[C@H](O)[C@@H]2O)[C@H](NCCCNC(=O)[C@@H](NC(=O)[C@@H](N[C@H](C(=O)O)C(C)C)[C@@H]2CCN=C(N)N2)[C@@H](OC(=O)CCCCCC(C)C)C(C)C)C(=O)O)O[C@H](CN)[C@H]1O. The largest absolute Gasteiger partial charge is 0.480 e. The zero-order valence-corrected chi connectivity index (χ0v) is 42.5.